The van der Waals surface area contributed by atoms with Crippen molar-refractivity contribution in [3.8, 4) is 0 Å². The first-order valence-corrected chi connectivity index (χ1v) is 4.56. The Bertz CT molecular complexity index is 313. The molecule has 0 fully saturated rings. The molecule has 1 N–H and O–H groups in total. The van der Waals surface area contributed by atoms with Crippen LogP contribution in [0.25, 0.3) is 0 Å². The number of hydrogen-bond acceptors (Lipinski definition) is 4. The normalized spacial score (nSPS) is 9.57. The zero-order valence-electron chi connectivity index (χ0n) is 8.41. The number of aromatic nitrogens is 1. The largest absolute Gasteiger partial charge is 0.464 e. The molecule has 14 heavy (non-hydrogen) atoms. The van der Waals surface area contributed by atoms with Gasteiger partial charge in [0.05, 0.1) is 7.11 Å². The lowest BCUT2D eigenvalue weighted by molar-refractivity contribution is 0.0594. The van der Waals surface area contributed by atoms with Crippen molar-refractivity contribution in [3.63, 3.8) is 0 Å². The van der Waals surface area contributed by atoms with Gasteiger partial charge in [-0.05, 0) is 18.6 Å². The molecule has 76 valence electrons. The zero-order chi connectivity index (χ0) is 10.4. The van der Waals surface area contributed by atoms with E-state index >= 15 is 0 Å². The highest BCUT2D eigenvalue weighted by atomic mass is 16.5. The second-order valence-electron chi connectivity index (χ2n) is 2.85. The molecule has 4 heteroatoms. The number of carbonyl (C=O) groups excluding carboxylic acids is 1. The Labute approximate surface area is 83.3 Å². The van der Waals surface area contributed by atoms with E-state index in [0.717, 1.165) is 18.7 Å². The molecule has 0 saturated carbocycles. The molecule has 0 radical (unpaired) electrons. The number of rotatable bonds is 4. The Hall–Kier alpha value is -1.58. The Kier molecular flexibility index (Phi) is 3.91. The van der Waals surface area contributed by atoms with Crippen LogP contribution in [0.15, 0.2) is 18.3 Å². The average Bonchev–Trinajstić information content (AvgIpc) is 2.25. The van der Waals surface area contributed by atoms with Crippen molar-refractivity contribution in [3.05, 3.63) is 24.0 Å². The van der Waals surface area contributed by atoms with Crippen molar-refractivity contribution >= 4 is 11.7 Å². The summed E-state index contributed by atoms with van der Waals surface area (Å²) in [5.41, 5.74) is 1.22. The molecule has 0 spiro atoms. The minimum Gasteiger partial charge on any atom is -0.464 e. The maximum absolute atomic E-state index is 11.1. The Balaban J connectivity index is 2.73. The first kappa shape index (κ1) is 10.5. The van der Waals surface area contributed by atoms with Crippen LogP contribution in [0.1, 0.15) is 23.8 Å². The molecule has 0 aliphatic carbocycles. The van der Waals surface area contributed by atoms with Crippen LogP contribution in [0.5, 0.6) is 0 Å². The SMILES string of the molecule is CCCNc1ccnc(C(=O)OC)c1. The van der Waals surface area contributed by atoms with E-state index in [4.69, 9.17) is 0 Å². The summed E-state index contributed by atoms with van der Waals surface area (Å²) in [5.74, 6) is -0.412. The fraction of sp³-hybridized carbons (Fsp3) is 0.400. The molecule has 0 bridgehead atoms. The minimum atomic E-state index is -0.412. The van der Waals surface area contributed by atoms with Gasteiger partial charge in [0.1, 0.15) is 5.69 Å². The number of hydrogen-bond donors (Lipinski definition) is 1. The van der Waals surface area contributed by atoms with Gasteiger partial charge in [-0.1, -0.05) is 6.92 Å². The van der Waals surface area contributed by atoms with Crippen molar-refractivity contribution in [2.45, 2.75) is 13.3 Å². The van der Waals surface area contributed by atoms with Crippen LogP contribution in [0.4, 0.5) is 5.69 Å². The van der Waals surface area contributed by atoms with Gasteiger partial charge in [0.25, 0.3) is 0 Å². The predicted octanol–water partition coefficient (Wildman–Crippen LogP) is 1.69. The van der Waals surface area contributed by atoms with Crippen LogP contribution in [0.2, 0.25) is 0 Å². The van der Waals surface area contributed by atoms with Gasteiger partial charge in [-0.25, -0.2) is 9.78 Å². The molecule has 1 heterocycles. The summed E-state index contributed by atoms with van der Waals surface area (Å²) in [7, 11) is 1.34. The van der Waals surface area contributed by atoms with Crippen molar-refractivity contribution in [1.29, 1.82) is 0 Å². The molecule has 1 rings (SSSR count). The monoisotopic (exact) mass is 194 g/mol. The van der Waals surface area contributed by atoms with E-state index in [1.54, 1.807) is 12.3 Å². The fourth-order valence-corrected chi connectivity index (χ4v) is 1.03. The summed E-state index contributed by atoms with van der Waals surface area (Å²) >= 11 is 0. The second-order valence-corrected chi connectivity index (χ2v) is 2.85. The van der Waals surface area contributed by atoms with E-state index in [0.29, 0.717) is 5.69 Å². The van der Waals surface area contributed by atoms with E-state index in [1.807, 2.05) is 6.07 Å². The number of carbonyl (C=O) groups is 1. The maximum Gasteiger partial charge on any atom is 0.356 e. The fourth-order valence-electron chi connectivity index (χ4n) is 1.03. The molecule has 0 aliphatic heterocycles. The van der Waals surface area contributed by atoms with Gasteiger partial charge in [0.2, 0.25) is 0 Å². The van der Waals surface area contributed by atoms with Crippen LogP contribution >= 0.6 is 0 Å². The van der Waals surface area contributed by atoms with E-state index in [9.17, 15) is 4.79 Å². The molecule has 4 nitrogen and oxygen atoms in total. The van der Waals surface area contributed by atoms with E-state index < -0.39 is 5.97 Å². The van der Waals surface area contributed by atoms with Crippen molar-refractivity contribution in [2.75, 3.05) is 19.0 Å². The van der Waals surface area contributed by atoms with Crippen LogP contribution in [-0.4, -0.2) is 24.6 Å². The highest BCUT2D eigenvalue weighted by Gasteiger charge is 2.06. The summed E-state index contributed by atoms with van der Waals surface area (Å²) < 4.78 is 4.57. The maximum atomic E-state index is 11.1. The first-order chi connectivity index (χ1) is 6.77. The predicted molar refractivity (Wildman–Crippen MR) is 54.4 cm³/mol. The zero-order valence-corrected chi connectivity index (χ0v) is 8.41. The quantitative estimate of drug-likeness (QED) is 0.741. The molecular formula is C10H14N2O2. The summed E-state index contributed by atoms with van der Waals surface area (Å²) in [6, 6.07) is 3.50. The molecule has 0 atom stereocenters. The van der Waals surface area contributed by atoms with Crippen LogP contribution < -0.4 is 5.32 Å². The highest BCUT2D eigenvalue weighted by Crippen LogP contribution is 2.08. The Morgan fingerprint density at radius 1 is 1.64 bits per heavy atom. The molecule has 1 aromatic heterocycles. The van der Waals surface area contributed by atoms with Gasteiger partial charge in [-0.15, -0.1) is 0 Å². The molecule has 0 aromatic carbocycles. The topological polar surface area (TPSA) is 51.2 Å². The van der Waals surface area contributed by atoms with Crippen LogP contribution in [-0.2, 0) is 4.74 Å². The van der Waals surface area contributed by atoms with Crippen molar-refractivity contribution in [2.24, 2.45) is 0 Å². The molecule has 1 aromatic rings. The average molecular weight is 194 g/mol. The lowest BCUT2D eigenvalue weighted by Crippen LogP contribution is -2.06. The third-order valence-electron chi connectivity index (χ3n) is 1.73. The molecule has 0 amide bonds. The van der Waals surface area contributed by atoms with E-state index in [1.165, 1.54) is 7.11 Å². The summed E-state index contributed by atoms with van der Waals surface area (Å²) in [4.78, 5) is 15.0. The third-order valence-corrected chi connectivity index (χ3v) is 1.73. The number of esters is 1. The number of anilines is 1. The number of pyridine rings is 1. The highest BCUT2D eigenvalue weighted by molar-refractivity contribution is 5.88. The Morgan fingerprint density at radius 2 is 2.43 bits per heavy atom. The lowest BCUT2D eigenvalue weighted by atomic mass is 10.3. The Morgan fingerprint density at radius 3 is 3.07 bits per heavy atom. The number of nitrogens with one attached hydrogen (secondary N) is 1. The second kappa shape index (κ2) is 5.21. The summed E-state index contributed by atoms with van der Waals surface area (Å²) in [6.07, 6.45) is 2.63. The third kappa shape index (κ3) is 2.73. The van der Waals surface area contributed by atoms with Gasteiger partial charge in [-0.3, -0.25) is 0 Å². The van der Waals surface area contributed by atoms with Gasteiger partial charge in [0.15, 0.2) is 0 Å². The summed E-state index contributed by atoms with van der Waals surface area (Å²) in [6.45, 7) is 2.96. The molecule has 0 unspecified atom stereocenters. The van der Waals surface area contributed by atoms with Crippen LogP contribution in [0.3, 0.4) is 0 Å². The van der Waals surface area contributed by atoms with Crippen molar-refractivity contribution < 1.29 is 9.53 Å². The van der Waals surface area contributed by atoms with Crippen molar-refractivity contribution in [1.82, 2.24) is 4.98 Å². The minimum absolute atomic E-state index is 0.327. The standard InChI is InChI=1S/C10H14N2O2/c1-3-5-11-8-4-6-12-9(7-8)10(13)14-2/h4,6-7H,3,5H2,1-2H3,(H,11,12). The van der Waals surface area contributed by atoms with Crippen LogP contribution in [0, 0.1) is 0 Å². The number of ether oxygens (including phenoxy) is 1. The molecule has 0 saturated heterocycles. The van der Waals surface area contributed by atoms with Gasteiger partial charge in [-0.2, -0.15) is 0 Å². The van der Waals surface area contributed by atoms with Gasteiger partial charge in [0, 0.05) is 18.4 Å². The summed E-state index contributed by atoms with van der Waals surface area (Å²) in [5, 5.41) is 3.17. The lowest BCUT2D eigenvalue weighted by Gasteiger charge is -2.05. The van der Waals surface area contributed by atoms with Gasteiger partial charge < -0.3 is 10.1 Å². The van der Waals surface area contributed by atoms with E-state index in [2.05, 4.69) is 22.0 Å². The first-order valence-electron chi connectivity index (χ1n) is 4.56. The van der Waals surface area contributed by atoms with Gasteiger partial charge >= 0.3 is 5.97 Å². The number of methoxy groups -OCH3 is 1. The number of nitrogens with zero attached hydrogens (tertiary/aromatic N) is 1. The van der Waals surface area contributed by atoms with E-state index in [-0.39, 0.29) is 0 Å². The molecular weight excluding hydrogens is 180 g/mol. The molecule has 0 aliphatic rings. The smallest absolute Gasteiger partial charge is 0.356 e.